The largest absolute Gasteiger partial charge is 0.322 e. The highest BCUT2D eigenvalue weighted by molar-refractivity contribution is 7.10. The molecule has 2 atom stereocenters. The molecule has 1 aliphatic rings. The van der Waals surface area contributed by atoms with E-state index in [9.17, 15) is 0 Å². The normalized spacial score (nSPS) is 25.3. The van der Waals surface area contributed by atoms with Crippen molar-refractivity contribution in [2.45, 2.75) is 25.8 Å². The second kappa shape index (κ2) is 5.10. The molecule has 0 spiro atoms. The summed E-state index contributed by atoms with van der Waals surface area (Å²) in [7, 11) is 0. The Morgan fingerprint density at radius 3 is 3.20 bits per heavy atom. The van der Waals surface area contributed by atoms with Crippen LogP contribution in [-0.4, -0.2) is 24.5 Å². The summed E-state index contributed by atoms with van der Waals surface area (Å²) in [5, 5.41) is 2.11. The van der Waals surface area contributed by atoms with Crippen LogP contribution in [0.4, 0.5) is 0 Å². The molecular weight excluding hydrogens is 204 g/mol. The molecule has 0 radical (unpaired) electrons. The van der Waals surface area contributed by atoms with Crippen LogP contribution in [0.1, 0.15) is 30.7 Å². The third kappa shape index (κ3) is 3.03. The minimum Gasteiger partial charge on any atom is -0.322 e. The van der Waals surface area contributed by atoms with Gasteiger partial charge >= 0.3 is 0 Å². The van der Waals surface area contributed by atoms with Gasteiger partial charge in [0.1, 0.15) is 0 Å². The molecule has 0 aliphatic carbocycles. The minimum atomic E-state index is 0.204. The first-order chi connectivity index (χ1) is 7.25. The van der Waals surface area contributed by atoms with Crippen molar-refractivity contribution in [2.75, 3.05) is 19.6 Å². The van der Waals surface area contributed by atoms with Gasteiger partial charge in [0, 0.05) is 18.0 Å². The number of nitrogens with zero attached hydrogens (tertiary/aromatic N) is 1. The fraction of sp³-hybridized carbons (Fsp3) is 0.667. The first-order valence-electron chi connectivity index (χ1n) is 5.77. The summed E-state index contributed by atoms with van der Waals surface area (Å²) >= 11 is 1.77. The Balaban J connectivity index is 1.86. The lowest BCUT2D eigenvalue weighted by Crippen LogP contribution is -2.38. The molecule has 2 nitrogen and oxygen atoms in total. The van der Waals surface area contributed by atoms with E-state index in [1.807, 2.05) is 0 Å². The number of rotatable bonds is 3. The van der Waals surface area contributed by atoms with Gasteiger partial charge in [-0.1, -0.05) is 13.0 Å². The van der Waals surface area contributed by atoms with Gasteiger partial charge in [0.25, 0.3) is 0 Å². The molecule has 1 aromatic rings. The number of nitrogens with two attached hydrogens (primary N) is 1. The molecule has 1 aliphatic heterocycles. The van der Waals surface area contributed by atoms with E-state index in [1.165, 1.54) is 30.8 Å². The predicted molar refractivity (Wildman–Crippen MR) is 66.1 cm³/mol. The summed E-state index contributed by atoms with van der Waals surface area (Å²) in [4.78, 5) is 3.83. The van der Waals surface area contributed by atoms with Crippen LogP contribution >= 0.6 is 11.3 Å². The monoisotopic (exact) mass is 224 g/mol. The Morgan fingerprint density at radius 2 is 2.53 bits per heavy atom. The standard InChI is InChI=1S/C12H20N2S/c1-10-4-2-6-14(8-10)9-11(13)12-5-3-7-15-12/h3,5,7,10-11H,2,4,6,8-9,13H2,1H3. The van der Waals surface area contributed by atoms with Crippen LogP contribution < -0.4 is 5.73 Å². The van der Waals surface area contributed by atoms with Crippen molar-refractivity contribution in [3.05, 3.63) is 22.4 Å². The maximum absolute atomic E-state index is 6.18. The molecule has 84 valence electrons. The van der Waals surface area contributed by atoms with Crippen molar-refractivity contribution in [2.24, 2.45) is 11.7 Å². The highest BCUT2D eigenvalue weighted by Gasteiger charge is 2.19. The van der Waals surface area contributed by atoms with Crippen molar-refractivity contribution in [3.63, 3.8) is 0 Å². The molecule has 2 N–H and O–H groups in total. The SMILES string of the molecule is CC1CCCN(CC(N)c2cccs2)C1. The first kappa shape index (κ1) is 11.1. The number of thiophene rings is 1. The molecule has 0 saturated carbocycles. The van der Waals surface area contributed by atoms with Crippen molar-refractivity contribution in [3.8, 4) is 0 Å². The molecule has 0 bridgehead atoms. The number of likely N-dealkylation sites (tertiary alicyclic amines) is 1. The van der Waals surface area contributed by atoms with E-state index in [-0.39, 0.29) is 6.04 Å². The Bertz CT molecular complexity index is 284. The highest BCUT2D eigenvalue weighted by atomic mass is 32.1. The molecule has 1 fully saturated rings. The van der Waals surface area contributed by atoms with Crippen molar-refractivity contribution in [1.29, 1.82) is 0 Å². The molecule has 2 heterocycles. The zero-order chi connectivity index (χ0) is 10.7. The Labute approximate surface area is 96.1 Å². The predicted octanol–water partition coefficient (Wildman–Crippen LogP) is 2.48. The minimum absolute atomic E-state index is 0.204. The van der Waals surface area contributed by atoms with E-state index in [4.69, 9.17) is 5.73 Å². The van der Waals surface area contributed by atoms with Crippen LogP contribution in [-0.2, 0) is 0 Å². The van der Waals surface area contributed by atoms with Gasteiger partial charge < -0.3 is 10.6 Å². The molecule has 2 rings (SSSR count). The van der Waals surface area contributed by atoms with Gasteiger partial charge in [0.05, 0.1) is 6.04 Å². The smallest absolute Gasteiger partial charge is 0.0519 e. The van der Waals surface area contributed by atoms with Crippen LogP contribution in [0.15, 0.2) is 17.5 Å². The van der Waals surface area contributed by atoms with Gasteiger partial charge in [-0.15, -0.1) is 11.3 Å². The third-order valence-electron chi connectivity index (χ3n) is 3.10. The van der Waals surface area contributed by atoms with Crippen molar-refractivity contribution in [1.82, 2.24) is 4.90 Å². The van der Waals surface area contributed by atoms with E-state index < -0.39 is 0 Å². The van der Waals surface area contributed by atoms with Crippen LogP contribution in [0.3, 0.4) is 0 Å². The maximum atomic E-state index is 6.18. The average molecular weight is 224 g/mol. The van der Waals surface area contributed by atoms with E-state index in [2.05, 4.69) is 29.3 Å². The van der Waals surface area contributed by atoms with Crippen LogP contribution in [0.2, 0.25) is 0 Å². The summed E-state index contributed by atoms with van der Waals surface area (Å²) in [6, 6.07) is 4.43. The molecule has 3 heteroatoms. The maximum Gasteiger partial charge on any atom is 0.0519 e. The van der Waals surface area contributed by atoms with Gasteiger partial charge in [0.2, 0.25) is 0 Å². The van der Waals surface area contributed by atoms with Gasteiger partial charge in [-0.25, -0.2) is 0 Å². The molecule has 0 amide bonds. The molecule has 0 aromatic carbocycles. The quantitative estimate of drug-likeness (QED) is 0.854. The van der Waals surface area contributed by atoms with E-state index in [0.29, 0.717) is 0 Å². The summed E-state index contributed by atoms with van der Waals surface area (Å²) in [6.45, 7) is 5.80. The lowest BCUT2D eigenvalue weighted by molar-refractivity contribution is 0.175. The number of hydrogen-bond acceptors (Lipinski definition) is 3. The zero-order valence-electron chi connectivity index (χ0n) is 9.36. The highest BCUT2D eigenvalue weighted by Crippen LogP contribution is 2.21. The van der Waals surface area contributed by atoms with Gasteiger partial charge in [-0.2, -0.15) is 0 Å². The van der Waals surface area contributed by atoms with E-state index in [0.717, 1.165) is 12.5 Å². The Kier molecular flexibility index (Phi) is 3.78. The summed E-state index contributed by atoms with van der Waals surface area (Å²) in [5.74, 6) is 0.842. The Morgan fingerprint density at radius 1 is 1.67 bits per heavy atom. The van der Waals surface area contributed by atoms with Gasteiger partial charge in [0.15, 0.2) is 0 Å². The van der Waals surface area contributed by atoms with Gasteiger partial charge in [-0.3, -0.25) is 0 Å². The Hall–Kier alpha value is -0.380. The third-order valence-corrected chi connectivity index (χ3v) is 4.11. The summed E-state index contributed by atoms with van der Waals surface area (Å²) < 4.78 is 0. The van der Waals surface area contributed by atoms with Crippen LogP contribution in [0.25, 0.3) is 0 Å². The molecule has 2 unspecified atom stereocenters. The molecule has 15 heavy (non-hydrogen) atoms. The zero-order valence-corrected chi connectivity index (χ0v) is 10.2. The lowest BCUT2D eigenvalue weighted by Gasteiger charge is -2.32. The number of piperidine rings is 1. The molecule has 1 aromatic heterocycles. The first-order valence-corrected chi connectivity index (χ1v) is 6.65. The van der Waals surface area contributed by atoms with Gasteiger partial charge in [-0.05, 0) is 36.8 Å². The van der Waals surface area contributed by atoms with E-state index >= 15 is 0 Å². The van der Waals surface area contributed by atoms with Crippen molar-refractivity contribution >= 4 is 11.3 Å². The van der Waals surface area contributed by atoms with Crippen molar-refractivity contribution < 1.29 is 0 Å². The molecule has 1 saturated heterocycles. The fourth-order valence-corrected chi connectivity index (χ4v) is 3.04. The summed E-state index contributed by atoms with van der Waals surface area (Å²) in [5.41, 5.74) is 6.18. The number of hydrogen-bond donors (Lipinski definition) is 1. The van der Waals surface area contributed by atoms with E-state index in [1.54, 1.807) is 11.3 Å². The van der Waals surface area contributed by atoms with Crippen LogP contribution in [0.5, 0.6) is 0 Å². The van der Waals surface area contributed by atoms with Crippen LogP contribution in [0, 0.1) is 5.92 Å². The average Bonchev–Trinajstić information content (AvgIpc) is 2.70. The lowest BCUT2D eigenvalue weighted by atomic mass is 10.00. The topological polar surface area (TPSA) is 29.3 Å². The molecular formula is C12H20N2S. The second-order valence-electron chi connectivity index (χ2n) is 4.63. The summed E-state index contributed by atoms with van der Waals surface area (Å²) in [6.07, 6.45) is 2.71. The second-order valence-corrected chi connectivity index (χ2v) is 5.61. The fourth-order valence-electron chi connectivity index (χ4n) is 2.32.